The SMILES string of the molecule is CC(=O)NC1=NC(=O)/C(=C\c2cc(Br)cc(Br)c2OCc2cccc3ccccc23)S1. The minimum absolute atomic E-state index is 0.274. The van der Waals surface area contributed by atoms with Gasteiger partial charge in [0.2, 0.25) is 5.91 Å². The van der Waals surface area contributed by atoms with Gasteiger partial charge in [0, 0.05) is 17.0 Å². The number of rotatable bonds is 4. The third-order valence-electron chi connectivity index (χ3n) is 4.48. The smallest absolute Gasteiger partial charge is 0.286 e. The van der Waals surface area contributed by atoms with Crippen LogP contribution in [0.1, 0.15) is 18.1 Å². The lowest BCUT2D eigenvalue weighted by atomic mass is 10.1. The highest BCUT2D eigenvalue weighted by molar-refractivity contribution is 9.11. The largest absolute Gasteiger partial charge is 0.487 e. The summed E-state index contributed by atoms with van der Waals surface area (Å²) in [6.07, 6.45) is 1.72. The number of carbonyl (C=O) groups is 2. The Morgan fingerprint density at radius 3 is 2.74 bits per heavy atom. The van der Waals surface area contributed by atoms with E-state index >= 15 is 0 Å². The van der Waals surface area contributed by atoms with E-state index in [4.69, 9.17) is 4.74 Å². The highest BCUT2D eigenvalue weighted by Crippen LogP contribution is 2.37. The lowest BCUT2D eigenvalue weighted by Crippen LogP contribution is -2.23. The van der Waals surface area contributed by atoms with E-state index in [0.29, 0.717) is 17.3 Å². The Morgan fingerprint density at radius 1 is 1.16 bits per heavy atom. The molecule has 0 aliphatic carbocycles. The number of ether oxygens (including phenoxy) is 1. The minimum atomic E-state index is -0.398. The van der Waals surface area contributed by atoms with Crippen molar-refractivity contribution in [2.75, 3.05) is 0 Å². The van der Waals surface area contributed by atoms with Crippen LogP contribution in [0.4, 0.5) is 0 Å². The predicted molar refractivity (Wildman–Crippen MR) is 132 cm³/mol. The number of nitrogens with one attached hydrogen (secondary N) is 1. The van der Waals surface area contributed by atoms with Gasteiger partial charge in [-0.1, -0.05) is 58.4 Å². The average Bonchev–Trinajstić information content (AvgIpc) is 3.05. The van der Waals surface area contributed by atoms with Crippen LogP contribution in [0.15, 0.2) is 73.4 Å². The molecule has 0 saturated carbocycles. The number of benzene rings is 3. The summed E-state index contributed by atoms with van der Waals surface area (Å²) in [5, 5.41) is 5.11. The van der Waals surface area contributed by atoms with Crippen LogP contribution in [0.25, 0.3) is 16.8 Å². The number of amidine groups is 1. The van der Waals surface area contributed by atoms with Gasteiger partial charge in [0.15, 0.2) is 5.17 Å². The van der Waals surface area contributed by atoms with Gasteiger partial charge in [-0.2, -0.15) is 4.99 Å². The molecule has 4 rings (SSSR count). The molecule has 0 aromatic heterocycles. The summed E-state index contributed by atoms with van der Waals surface area (Å²) in [6.45, 7) is 1.74. The number of amides is 2. The number of fused-ring (bicyclic) bond motifs is 1. The van der Waals surface area contributed by atoms with E-state index < -0.39 is 5.91 Å². The third kappa shape index (κ3) is 5.08. The molecule has 3 aromatic carbocycles. The maximum Gasteiger partial charge on any atom is 0.286 e. The molecule has 0 bridgehead atoms. The van der Waals surface area contributed by atoms with Gasteiger partial charge in [-0.3, -0.25) is 9.59 Å². The Labute approximate surface area is 200 Å². The minimum Gasteiger partial charge on any atom is -0.487 e. The topological polar surface area (TPSA) is 67.8 Å². The number of aliphatic imine (C=N–C) groups is 1. The molecular formula is C23H16Br2N2O3S. The van der Waals surface area contributed by atoms with Crippen molar-refractivity contribution in [3.05, 3.63) is 79.6 Å². The Balaban J connectivity index is 1.64. The zero-order valence-corrected chi connectivity index (χ0v) is 20.3. The van der Waals surface area contributed by atoms with Crippen molar-refractivity contribution in [2.45, 2.75) is 13.5 Å². The molecule has 0 unspecified atom stereocenters. The van der Waals surface area contributed by atoms with E-state index in [1.54, 1.807) is 6.08 Å². The van der Waals surface area contributed by atoms with Crippen molar-refractivity contribution >= 4 is 77.5 Å². The van der Waals surface area contributed by atoms with E-state index in [1.165, 1.54) is 6.92 Å². The maximum absolute atomic E-state index is 12.3. The van der Waals surface area contributed by atoms with Gasteiger partial charge in [0.1, 0.15) is 12.4 Å². The quantitative estimate of drug-likeness (QED) is 0.395. The second-order valence-electron chi connectivity index (χ2n) is 6.75. The summed E-state index contributed by atoms with van der Waals surface area (Å²) >= 11 is 8.18. The van der Waals surface area contributed by atoms with E-state index in [0.717, 1.165) is 42.6 Å². The molecular weight excluding hydrogens is 544 g/mol. The molecule has 0 fully saturated rings. The fourth-order valence-corrected chi connectivity index (χ4v) is 5.39. The van der Waals surface area contributed by atoms with Crippen molar-refractivity contribution in [3.63, 3.8) is 0 Å². The van der Waals surface area contributed by atoms with Gasteiger partial charge in [0.05, 0.1) is 9.38 Å². The monoisotopic (exact) mass is 558 g/mol. The molecule has 5 nitrogen and oxygen atoms in total. The van der Waals surface area contributed by atoms with Crippen LogP contribution in [0.2, 0.25) is 0 Å². The number of thioether (sulfide) groups is 1. The second-order valence-corrected chi connectivity index (χ2v) is 9.55. The summed E-state index contributed by atoms with van der Waals surface area (Å²) in [5.41, 5.74) is 1.78. The number of nitrogens with zero attached hydrogens (tertiary/aromatic N) is 1. The van der Waals surface area contributed by atoms with Crippen molar-refractivity contribution in [1.82, 2.24) is 5.32 Å². The van der Waals surface area contributed by atoms with Crippen molar-refractivity contribution in [2.24, 2.45) is 4.99 Å². The van der Waals surface area contributed by atoms with Crippen LogP contribution in [-0.2, 0) is 16.2 Å². The molecule has 1 heterocycles. The van der Waals surface area contributed by atoms with Crippen LogP contribution < -0.4 is 10.1 Å². The number of hydrogen-bond acceptors (Lipinski definition) is 4. The lowest BCUT2D eigenvalue weighted by molar-refractivity contribution is -0.117. The van der Waals surface area contributed by atoms with Gasteiger partial charge in [0.25, 0.3) is 5.91 Å². The zero-order chi connectivity index (χ0) is 22.0. The van der Waals surface area contributed by atoms with E-state index in [-0.39, 0.29) is 11.1 Å². The fraction of sp³-hybridized carbons (Fsp3) is 0.0870. The molecule has 0 atom stereocenters. The fourth-order valence-electron chi connectivity index (χ4n) is 3.16. The molecule has 1 N–H and O–H groups in total. The molecule has 156 valence electrons. The normalized spacial score (nSPS) is 14.7. The first-order chi connectivity index (χ1) is 14.9. The van der Waals surface area contributed by atoms with Gasteiger partial charge < -0.3 is 10.1 Å². The van der Waals surface area contributed by atoms with Crippen molar-refractivity contribution in [1.29, 1.82) is 0 Å². The lowest BCUT2D eigenvalue weighted by Gasteiger charge is -2.14. The average molecular weight is 560 g/mol. The molecule has 0 spiro atoms. The zero-order valence-electron chi connectivity index (χ0n) is 16.3. The summed E-state index contributed by atoms with van der Waals surface area (Å²) in [4.78, 5) is 27.8. The summed E-state index contributed by atoms with van der Waals surface area (Å²) in [7, 11) is 0. The van der Waals surface area contributed by atoms with Crippen LogP contribution in [0, 0.1) is 0 Å². The summed E-state index contributed by atoms with van der Waals surface area (Å²) in [5.74, 6) is -0.0560. The van der Waals surface area contributed by atoms with Gasteiger partial charge in [-0.25, -0.2) is 0 Å². The van der Waals surface area contributed by atoms with Gasteiger partial charge >= 0.3 is 0 Å². The molecule has 3 aromatic rings. The predicted octanol–water partition coefficient (Wildman–Crippen LogP) is 6.05. The Morgan fingerprint density at radius 2 is 1.94 bits per heavy atom. The maximum atomic E-state index is 12.3. The van der Waals surface area contributed by atoms with E-state index in [2.05, 4.69) is 60.4 Å². The molecule has 0 radical (unpaired) electrons. The first kappa shape index (κ1) is 21.8. The van der Waals surface area contributed by atoms with Gasteiger partial charge in [-0.15, -0.1) is 0 Å². The molecule has 1 aliphatic heterocycles. The Bertz CT molecular complexity index is 1270. The molecule has 1 aliphatic rings. The van der Waals surface area contributed by atoms with Crippen LogP contribution in [0.3, 0.4) is 0 Å². The molecule has 2 amide bonds. The highest BCUT2D eigenvalue weighted by atomic mass is 79.9. The van der Waals surface area contributed by atoms with Crippen LogP contribution in [0.5, 0.6) is 5.75 Å². The summed E-state index contributed by atoms with van der Waals surface area (Å²) in [6, 6.07) is 18.0. The van der Waals surface area contributed by atoms with E-state index in [9.17, 15) is 9.59 Å². The summed E-state index contributed by atoms with van der Waals surface area (Å²) < 4.78 is 7.81. The third-order valence-corrected chi connectivity index (χ3v) is 6.43. The van der Waals surface area contributed by atoms with Crippen molar-refractivity contribution < 1.29 is 14.3 Å². The molecule has 31 heavy (non-hydrogen) atoms. The van der Waals surface area contributed by atoms with E-state index in [1.807, 2.05) is 36.4 Å². The van der Waals surface area contributed by atoms with Crippen LogP contribution >= 0.6 is 43.6 Å². The first-order valence-electron chi connectivity index (χ1n) is 9.29. The molecule has 0 saturated heterocycles. The van der Waals surface area contributed by atoms with Gasteiger partial charge in [-0.05, 0) is 62.2 Å². The Kier molecular flexibility index (Phi) is 6.60. The second kappa shape index (κ2) is 9.38. The Hall–Kier alpha value is -2.42. The number of carbonyl (C=O) groups excluding carboxylic acids is 2. The van der Waals surface area contributed by atoms with Crippen molar-refractivity contribution in [3.8, 4) is 5.75 Å². The first-order valence-corrected chi connectivity index (χ1v) is 11.7. The van der Waals surface area contributed by atoms with Crippen LogP contribution in [-0.4, -0.2) is 17.0 Å². The highest BCUT2D eigenvalue weighted by Gasteiger charge is 2.23. The number of hydrogen-bond donors (Lipinski definition) is 1. The standard InChI is InChI=1S/C23H16Br2N2O3S/c1-13(28)26-23-27-22(29)20(31-23)10-16-9-17(24)11-19(25)21(16)30-12-15-7-4-6-14-5-2-3-8-18(14)15/h2-11H,12H2,1H3,(H,26,27,28,29)/b20-10+. The molecule has 8 heteroatoms. The number of halogens is 2.